The molecule has 0 amide bonds. The number of benzene rings is 1. The van der Waals surface area contributed by atoms with Crippen LogP contribution < -0.4 is 15.4 Å². The van der Waals surface area contributed by atoms with E-state index in [0.717, 1.165) is 56.9 Å². The Bertz CT molecular complexity index is 576. The van der Waals surface area contributed by atoms with Gasteiger partial charge in [0.25, 0.3) is 0 Å². The summed E-state index contributed by atoms with van der Waals surface area (Å²) in [6, 6.07) is 8.36. The molecule has 0 heterocycles. The van der Waals surface area contributed by atoms with Crippen LogP contribution in [0.15, 0.2) is 29.3 Å². The number of rotatable bonds is 7. The predicted octanol–water partition coefficient (Wildman–Crippen LogP) is 2.72. The molecule has 0 atom stereocenters. The van der Waals surface area contributed by atoms with Crippen LogP contribution in [0.5, 0.6) is 5.75 Å². The van der Waals surface area contributed by atoms with E-state index in [-0.39, 0.29) is 30.1 Å². The van der Waals surface area contributed by atoms with Gasteiger partial charge in [-0.2, -0.15) is 0 Å². The molecule has 144 valence electrons. The second-order valence-electron chi connectivity index (χ2n) is 6.30. The topological polar surface area (TPSA) is 65.9 Å². The average Bonchev–Trinajstić information content (AvgIpc) is 2.63. The number of terminal acetylenes is 1. The zero-order chi connectivity index (χ0) is 17.9. The van der Waals surface area contributed by atoms with Gasteiger partial charge in [-0.3, -0.25) is 4.99 Å². The molecule has 5 nitrogen and oxygen atoms in total. The summed E-state index contributed by atoms with van der Waals surface area (Å²) in [6.07, 6.45) is 9.64. The fourth-order valence-corrected chi connectivity index (χ4v) is 2.91. The van der Waals surface area contributed by atoms with Crippen LogP contribution in [0.1, 0.15) is 38.2 Å². The standard InChI is InChI=1S/C20H29N3O2.HI/c1-3-15-25-19-11-5-16(6-12-19)13-14-22-20(21-4-2)23-17-7-9-18(24)10-8-17;/h1,5-6,11-12,17-18,24H,4,7-10,13-15H2,2H3,(H2,21,22,23);1H. The second-order valence-corrected chi connectivity index (χ2v) is 6.30. The summed E-state index contributed by atoms with van der Waals surface area (Å²) in [7, 11) is 0. The number of aliphatic imine (C=N–C) groups is 1. The van der Waals surface area contributed by atoms with E-state index in [2.05, 4.69) is 28.5 Å². The van der Waals surface area contributed by atoms with Gasteiger partial charge in [0.1, 0.15) is 12.4 Å². The summed E-state index contributed by atoms with van der Waals surface area (Å²) in [6.45, 7) is 3.91. The number of guanidine groups is 1. The first kappa shape index (κ1) is 22.6. The predicted molar refractivity (Wildman–Crippen MR) is 117 cm³/mol. The lowest BCUT2D eigenvalue weighted by Gasteiger charge is -2.27. The molecule has 1 aliphatic carbocycles. The minimum atomic E-state index is -0.134. The van der Waals surface area contributed by atoms with Crippen LogP contribution in [0.4, 0.5) is 0 Å². The number of ether oxygens (including phenoxy) is 1. The zero-order valence-electron chi connectivity index (χ0n) is 15.4. The molecule has 0 aliphatic heterocycles. The number of nitrogens with zero attached hydrogens (tertiary/aromatic N) is 1. The molecule has 1 fully saturated rings. The maximum absolute atomic E-state index is 9.61. The molecule has 2 rings (SSSR count). The third kappa shape index (κ3) is 8.28. The molecule has 0 bridgehead atoms. The maximum Gasteiger partial charge on any atom is 0.191 e. The summed E-state index contributed by atoms with van der Waals surface area (Å²) >= 11 is 0. The van der Waals surface area contributed by atoms with E-state index in [1.54, 1.807) is 0 Å². The monoisotopic (exact) mass is 471 g/mol. The Hall–Kier alpha value is -1.46. The molecule has 0 unspecified atom stereocenters. The summed E-state index contributed by atoms with van der Waals surface area (Å²) < 4.78 is 5.38. The quantitative estimate of drug-likeness (QED) is 0.248. The van der Waals surface area contributed by atoms with E-state index < -0.39 is 0 Å². The van der Waals surface area contributed by atoms with E-state index >= 15 is 0 Å². The average molecular weight is 471 g/mol. The van der Waals surface area contributed by atoms with Crippen molar-refractivity contribution in [2.24, 2.45) is 4.99 Å². The van der Waals surface area contributed by atoms with Crippen LogP contribution in [-0.2, 0) is 6.42 Å². The minimum absolute atomic E-state index is 0. The van der Waals surface area contributed by atoms with Crippen molar-refractivity contribution in [2.45, 2.75) is 51.2 Å². The summed E-state index contributed by atoms with van der Waals surface area (Å²) in [5.41, 5.74) is 1.22. The lowest BCUT2D eigenvalue weighted by Crippen LogP contribution is -2.45. The molecule has 1 aliphatic rings. The Morgan fingerprint density at radius 2 is 1.96 bits per heavy atom. The van der Waals surface area contributed by atoms with E-state index in [0.29, 0.717) is 12.6 Å². The van der Waals surface area contributed by atoms with Crippen molar-refractivity contribution in [1.82, 2.24) is 10.6 Å². The van der Waals surface area contributed by atoms with Gasteiger partial charge in [0, 0.05) is 19.1 Å². The van der Waals surface area contributed by atoms with Crippen LogP contribution in [0.3, 0.4) is 0 Å². The number of hydrogen-bond donors (Lipinski definition) is 3. The highest BCUT2D eigenvalue weighted by molar-refractivity contribution is 14.0. The van der Waals surface area contributed by atoms with Gasteiger partial charge in [0.2, 0.25) is 0 Å². The van der Waals surface area contributed by atoms with E-state index in [9.17, 15) is 5.11 Å². The largest absolute Gasteiger partial charge is 0.481 e. The third-order valence-corrected chi connectivity index (χ3v) is 4.30. The summed E-state index contributed by atoms with van der Waals surface area (Å²) in [5, 5.41) is 16.4. The zero-order valence-corrected chi connectivity index (χ0v) is 17.7. The lowest BCUT2D eigenvalue weighted by atomic mass is 9.93. The van der Waals surface area contributed by atoms with Gasteiger partial charge >= 0.3 is 0 Å². The Labute approximate surface area is 174 Å². The maximum atomic E-state index is 9.61. The molecule has 3 N–H and O–H groups in total. The van der Waals surface area contributed by atoms with Crippen molar-refractivity contribution >= 4 is 29.9 Å². The van der Waals surface area contributed by atoms with Crippen LogP contribution in [-0.4, -0.2) is 42.9 Å². The third-order valence-electron chi connectivity index (χ3n) is 4.30. The van der Waals surface area contributed by atoms with Gasteiger partial charge in [-0.15, -0.1) is 30.4 Å². The number of hydrogen-bond acceptors (Lipinski definition) is 3. The van der Waals surface area contributed by atoms with Crippen molar-refractivity contribution in [3.05, 3.63) is 29.8 Å². The van der Waals surface area contributed by atoms with Gasteiger partial charge < -0.3 is 20.5 Å². The van der Waals surface area contributed by atoms with Crippen molar-refractivity contribution in [3.63, 3.8) is 0 Å². The number of aliphatic hydroxyl groups is 1. The van der Waals surface area contributed by atoms with Crippen LogP contribution in [0.2, 0.25) is 0 Å². The lowest BCUT2D eigenvalue weighted by molar-refractivity contribution is 0.120. The SMILES string of the molecule is C#CCOc1ccc(CCN=C(NCC)NC2CCC(O)CC2)cc1.I. The van der Waals surface area contributed by atoms with Crippen LogP contribution in [0.25, 0.3) is 0 Å². The second kappa shape index (κ2) is 12.8. The van der Waals surface area contributed by atoms with Gasteiger partial charge in [-0.05, 0) is 56.7 Å². The molecule has 0 saturated heterocycles. The molecular weight excluding hydrogens is 441 g/mol. The smallest absolute Gasteiger partial charge is 0.191 e. The van der Waals surface area contributed by atoms with Crippen molar-refractivity contribution in [2.75, 3.05) is 19.7 Å². The molecule has 1 saturated carbocycles. The molecule has 26 heavy (non-hydrogen) atoms. The highest BCUT2D eigenvalue weighted by Gasteiger charge is 2.19. The normalized spacial score (nSPS) is 19.8. The van der Waals surface area contributed by atoms with Gasteiger partial charge in [-0.25, -0.2) is 0 Å². The first-order chi connectivity index (χ1) is 12.2. The molecule has 1 aromatic carbocycles. The van der Waals surface area contributed by atoms with Crippen molar-refractivity contribution < 1.29 is 9.84 Å². The van der Waals surface area contributed by atoms with E-state index in [1.165, 1.54) is 5.56 Å². The van der Waals surface area contributed by atoms with Gasteiger partial charge in [0.05, 0.1) is 6.10 Å². The molecule has 0 spiro atoms. The van der Waals surface area contributed by atoms with E-state index in [1.807, 2.05) is 24.3 Å². The highest BCUT2D eigenvalue weighted by Crippen LogP contribution is 2.18. The van der Waals surface area contributed by atoms with Crippen molar-refractivity contribution in [1.29, 1.82) is 0 Å². The Morgan fingerprint density at radius 3 is 2.58 bits per heavy atom. The molecule has 0 radical (unpaired) electrons. The number of aliphatic hydroxyl groups excluding tert-OH is 1. The molecular formula is C20H30IN3O2. The molecule has 6 heteroatoms. The van der Waals surface area contributed by atoms with Crippen molar-refractivity contribution in [3.8, 4) is 18.1 Å². The summed E-state index contributed by atoms with van der Waals surface area (Å²) in [5.74, 6) is 4.11. The van der Waals surface area contributed by atoms with Gasteiger partial charge in [0.15, 0.2) is 5.96 Å². The Kier molecular flexibility index (Phi) is 11.1. The molecule has 1 aromatic rings. The van der Waals surface area contributed by atoms with Gasteiger partial charge in [-0.1, -0.05) is 18.1 Å². The Morgan fingerprint density at radius 1 is 1.27 bits per heavy atom. The Balaban J connectivity index is 0.00000338. The highest BCUT2D eigenvalue weighted by atomic mass is 127. The first-order valence-electron chi connectivity index (χ1n) is 9.09. The fraction of sp³-hybridized carbons (Fsp3) is 0.550. The number of nitrogens with one attached hydrogen (secondary N) is 2. The fourth-order valence-electron chi connectivity index (χ4n) is 2.91. The first-order valence-corrected chi connectivity index (χ1v) is 9.09. The van der Waals surface area contributed by atoms with Crippen LogP contribution in [0, 0.1) is 12.3 Å². The number of halogens is 1. The van der Waals surface area contributed by atoms with Crippen LogP contribution >= 0.6 is 24.0 Å². The minimum Gasteiger partial charge on any atom is -0.481 e. The van der Waals surface area contributed by atoms with E-state index in [4.69, 9.17) is 11.2 Å². The summed E-state index contributed by atoms with van der Waals surface area (Å²) in [4.78, 5) is 4.67. The molecule has 0 aromatic heterocycles.